The van der Waals surface area contributed by atoms with Gasteiger partial charge in [-0.15, -0.1) is 22.0 Å². The summed E-state index contributed by atoms with van der Waals surface area (Å²) in [7, 11) is 1.67. The molecular formula is C23H33N9O5S. The van der Waals surface area contributed by atoms with Crippen LogP contribution in [0, 0.1) is 11.8 Å². The van der Waals surface area contributed by atoms with E-state index in [1.54, 1.807) is 18.8 Å². The average Bonchev–Trinajstić information content (AvgIpc) is 3.66. The van der Waals surface area contributed by atoms with Crippen molar-refractivity contribution in [2.24, 2.45) is 11.8 Å². The van der Waals surface area contributed by atoms with Crippen LogP contribution in [0.4, 0.5) is 0 Å². The van der Waals surface area contributed by atoms with E-state index in [1.807, 2.05) is 11.8 Å². The highest BCUT2D eigenvalue weighted by atomic mass is 32.2. The fourth-order valence-corrected chi connectivity index (χ4v) is 7.58. The molecule has 38 heavy (non-hydrogen) atoms. The van der Waals surface area contributed by atoms with E-state index in [4.69, 9.17) is 0 Å². The third kappa shape index (κ3) is 4.66. The Kier molecular flexibility index (Phi) is 7.42. The van der Waals surface area contributed by atoms with Crippen molar-refractivity contribution in [3.05, 3.63) is 16.9 Å². The van der Waals surface area contributed by atoms with Crippen LogP contribution in [0.15, 0.2) is 16.9 Å². The third-order valence-corrected chi connectivity index (χ3v) is 9.42. The smallest absolute Gasteiger partial charge is 0.353 e. The lowest BCUT2D eigenvalue weighted by Crippen LogP contribution is -2.66. The summed E-state index contributed by atoms with van der Waals surface area (Å²) in [6.07, 6.45) is 2.71. The van der Waals surface area contributed by atoms with Crippen LogP contribution < -0.4 is 16.0 Å². The molecule has 3 unspecified atom stereocenters. The van der Waals surface area contributed by atoms with Gasteiger partial charge in [0.1, 0.15) is 5.70 Å². The van der Waals surface area contributed by atoms with Crippen LogP contribution in [0.5, 0.6) is 0 Å². The maximum Gasteiger partial charge on any atom is 0.353 e. The van der Waals surface area contributed by atoms with Gasteiger partial charge in [-0.2, -0.15) is 4.80 Å². The van der Waals surface area contributed by atoms with Gasteiger partial charge in [-0.05, 0) is 32.0 Å². The standard InChI is InChI=1S/C23H33N9O5S/c1-11-18-17(12(2)28-16(33)8-24-3)22(35)31(18)19(23(36)37)20(11)38-14-6-15(25-7-14)21(34)30-5-4-13(9-30)32-27-10-26-29-32/h10-15,17-18,24-25H,4-9H2,1-3H3,(H,28,33)(H,36,37)/t11-,12-,13?,14?,15?,17-,18-/m1/s1. The summed E-state index contributed by atoms with van der Waals surface area (Å²) in [6.45, 7) is 5.56. The number of carbonyl (C=O) groups excluding carboxylic acids is 3. The molecule has 14 nitrogen and oxygen atoms in total. The topological polar surface area (TPSA) is 175 Å². The zero-order chi connectivity index (χ0) is 27.1. The van der Waals surface area contributed by atoms with Gasteiger partial charge < -0.3 is 30.9 Å². The summed E-state index contributed by atoms with van der Waals surface area (Å²) >= 11 is 1.45. The van der Waals surface area contributed by atoms with E-state index < -0.39 is 17.9 Å². The molecule has 0 spiro atoms. The van der Waals surface area contributed by atoms with E-state index >= 15 is 0 Å². The highest BCUT2D eigenvalue weighted by molar-refractivity contribution is 8.03. The van der Waals surface area contributed by atoms with Crippen molar-refractivity contribution in [3.8, 4) is 0 Å². The molecule has 7 atom stereocenters. The number of rotatable bonds is 9. The summed E-state index contributed by atoms with van der Waals surface area (Å²) in [5, 5.41) is 30.7. The Balaban J connectivity index is 1.22. The number of aromatic nitrogens is 4. The Morgan fingerprint density at radius 1 is 1.34 bits per heavy atom. The van der Waals surface area contributed by atoms with Crippen molar-refractivity contribution in [1.82, 2.24) is 46.0 Å². The van der Waals surface area contributed by atoms with Crippen LogP contribution in [-0.4, -0.2) is 115 Å². The summed E-state index contributed by atoms with van der Waals surface area (Å²) in [6, 6.07) is -1.08. The van der Waals surface area contributed by atoms with E-state index in [9.17, 15) is 24.3 Å². The molecule has 5 rings (SSSR count). The van der Waals surface area contributed by atoms with E-state index in [-0.39, 0.29) is 59.3 Å². The number of fused-ring (bicyclic) bond motifs is 1. The fourth-order valence-electron chi connectivity index (χ4n) is 6.11. The van der Waals surface area contributed by atoms with E-state index in [2.05, 4.69) is 31.4 Å². The second-order valence-corrected chi connectivity index (χ2v) is 11.7. The molecule has 4 aliphatic heterocycles. The predicted octanol–water partition coefficient (Wildman–Crippen LogP) is -1.59. The first kappa shape index (κ1) is 26.6. The number of hydrogen-bond donors (Lipinski definition) is 4. The number of carboxylic acid groups (broad SMARTS) is 1. The average molecular weight is 548 g/mol. The van der Waals surface area contributed by atoms with Crippen molar-refractivity contribution in [2.45, 2.75) is 56.1 Å². The van der Waals surface area contributed by atoms with Gasteiger partial charge in [0, 0.05) is 41.7 Å². The summed E-state index contributed by atoms with van der Waals surface area (Å²) in [5.41, 5.74) is 0.0278. The molecule has 1 aromatic heterocycles. The molecular weight excluding hydrogens is 514 g/mol. The molecule has 3 saturated heterocycles. The largest absolute Gasteiger partial charge is 0.477 e. The number of nitrogens with zero attached hydrogens (tertiary/aromatic N) is 6. The first-order valence-corrected chi connectivity index (χ1v) is 13.7. The third-order valence-electron chi connectivity index (χ3n) is 7.90. The first-order chi connectivity index (χ1) is 18.2. The monoisotopic (exact) mass is 547 g/mol. The van der Waals surface area contributed by atoms with Crippen LogP contribution in [0.3, 0.4) is 0 Å². The number of carboxylic acids is 1. The Labute approximate surface area is 223 Å². The minimum Gasteiger partial charge on any atom is -0.477 e. The number of nitrogens with one attached hydrogen (secondary N) is 3. The molecule has 1 aromatic rings. The van der Waals surface area contributed by atoms with Crippen LogP contribution in [0.25, 0.3) is 0 Å². The van der Waals surface area contributed by atoms with Crippen molar-refractivity contribution in [2.75, 3.05) is 33.2 Å². The van der Waals surface area contributed by atoms with E-state index in [0.717, 1.165) is 6.42 Å². The van der Waals surface area contributed by atoms with Crippen molar-refractivity contribution >= 4 is 35.5 Å². The second kappa shape index (κ2) is 10.6. The maximum absolute atomic E-state index is 13.2. The van der Waals surface area contributed by atoms with Crippen LogP contribution in [0.1, 0.15) is 32.7 Å². The summed E-state index contributed by atoms with van der Waals surface area (Å²) < 4.78 is 0. The molecule has 0 aliphatic carbocycles. The maximum atomic E-state index is 13.2. The van der Waals surface area contributed by atoms with Gasteiger partial charge in [-0.3, -0.25) is 14.4 Å². The molecule has 0 saturated carbocycles. The van der Waals surface area contributed by atoms with Gasteiger partial charge in [0.15, 0.2) is 6.33 Å². The molecule has 4 N–H and O–H groups in total. The molecule has 5 heterocycles. The van der Waals surface area contributed by atoms with Gasteiger partial charge >= 0.3 is 5.97 Å². The van der Waals surface area contributed by atoms with Gasteiger partial charge in [-0.1, -0.05) is 6.92 Å². The van der Waals surface area contributed by atoms with E-state index in [1.165, 1.54) is 23.0 Å². The van der Waals surface area contributed by atoms with Gasteiger partial charge in [-0.25, -0.2) is 4.79 Å². The number of amides is 3. The number of likely N-dealkylation sites (tertiary alicyclic amines) is 1. The first-order valence-electron chi connectivity index (χ1n) is 12.9. The molecule has 15 heteroatoms. The highest BCUT2D eigenvalue weighted by Gasteiger charge is 2.60. The van der Waals surface area contributed by atoms with Gasteiger partial charge in [0.25, 0.3) is 0 Å². The number of tetrazole rings is 1. The minimum atomic E-state index is -1.14. The van der Waals surface area contributed by atoms with Crippen molar-refractivity contribution in [1.29, 1.82) is 0 Å². The van der Waals surface area contributed by atoms with Gasteiger partial charge in [0.05, 0.1) is 30.6 Å². The number of carbonyl (C=O) groups is 4. The van der Waals surface area contributed by atoms with Gasteiger partial charge in [0.2, 0.25) is 17.7 Å². The van der Waals surface area contributed by atoms with Crippen molar-refractivity contribution < 1.29 is 24.3 Å². The Hall–Kier alpha value is -3.04. The zero-order valence-electron chi connectivity index (χ0n) is 21.5. The normalized spacial score (nSPS) is 31.4. The molecule has 206 valence electrons. The number of likely N-dealkylation sites (N-methyl/N-ethyl adjacent to an activating group) is 1. The lowest BCUT2D eigenvalue weighted by atomic mass is 9.78. The van der Waals surface area contributed by atoms with Crippen molar-refractivity contribution in [3.63, 3.8) is 0 Å². The highest BCUT2D eigenvalue weighted by Crippen LogP contribution is 2.51. The second-order valence-electron chi connectivity index (χ2n) is 10.3. The molecule has 0 aromatic carbocycles. The van der Waals surface area contributed by atoms with E-state index in [0.29, 0.717) is 31.0 Å². The van der Waals surface area contributed by atoms with Crippen LogP contribution in [-0.2, 0) is 19.2 Å². The molecule has 3 fully saturated rings. The lowest BCUT2D eigenvalue weighted by molar-refractivity contribution is -0.158. The summed E-state index contributed by atoms with van der Waals surface area (Å²) in [5.74, 6) is -2.29. The Morgan fingerprint density at radius 3 is 2.82 bits per heavy atom. The van der Waals surface area contributed by atoms with Crippen LogP contribution in [0.2, 0.25) is 0 Å². The molecule has 0 radical (unpaired) electrons. The number of β-lactam (4-membered cyclic amide) rings is 1. The van der Waals surface area contributed by atoms with Crippen LogP contribution >= 0.6 is 11.8 Å². The Bertz CT molecular complexity index is 1140. The SMILES string of the molecule is CNCC(=O)N[C@H](C)[C@H]1C(=O)N2C(C(=O)O)=C(SC3CNC(C(=O)N4CCC(n5ncnn5)C4)C3)[C@H](C)[C@H]12. The quantitative estimate of drug-likeness (QED) is 0.262. The molecule has 0 bridgehead atoms. The lowest BCUT2D eigenvalue weighted by Gasteiger charge is -2.47. The summed E-state index contributed by atoms with van der Waals surface area (Å²) in [4.78, 5) is 55.9. The zero-order valence-corrected chi connectivity index (χ0v) is 22.3. The number of thioether (sulfide) groups is 1. The number of aliphatic carboxylic acids is 1. The minimum absolute atomic E-state index is 0.00820. The number of hydrogen-bond acceptors (Lipinski definition) is 10. The molecule has 3 amide bonds. The Morgan fingerprint density at radius 2 is 2.13 bits per heavy atom. The fraction of sp³-hybridized carbons (Fsp3) is 0.696. The predicted molar refractivity (Wildman–Crippen MR) is 135 cm³/mol. The molecule has 4 aliphatic rings.